The van der Waals surface area contributed by atoms with Crippen molar-refractivity contribution in [3.63, 3.8) is 0 Å². The van der Waals surface area contributed by atoms with E-state index in [2.05, 4.69) is 130 Å². The quantitative estimate of drug-likeness (QED) is 0.302. The molecule has 0 heterocycles. The Morgan fingerprint density at radius 2 is 1.27 bits per heavy atom. The van der Waals surface area contributed by atoms with Crippen LogP contribution in [0.2, 0.25) is 0 Å². The Hall–Kier alpha value is -3.59. The normalized spacial score (nSPS) is 15.0. The van der Waals surface area contributed by atoms with Crippen LogP contribution in [0.5, 0.6) is 0 Å². The molecule has 0 N–H and O–H groups in total. The van der Waals surface area contributed by atoms with Crippen LogP contribution in [-0.4, -0.2) is 38.4 Å². The largest absolute Gasteiger partial charge is 0.372 e. The molecule has 0 aliphatic heterocycles. The minimum Gasteiger partial charge on any atom is -0.372 e. The van der Waals surface area contributed by atoms with Gasteiger partial charge in [-0.2, -0.15) is 0 Å². The van der Waals surface area contributed by atoms with Crippen molar-refractivity contribution in [1.82, 2.24) is 0 Å². The van der Waals surface area contributed by atoms with Crippen LogP contribution < -0.4 is 9.80 Å². The summed E-state index contributed by atoms with van der Waals surface area (Å²) in [7, 11) is 0. The molecule has 0 fully saturated rings. The molecule has 1 aliphatic carbocycles. The standard InChI is InChI=1S/C34H41N3/c1-7-35-33-23-22-32(30-14-12-13-15-31(30)33)34(26-16-18-27(19-17-26)36(8-2)9-3)29-21-20-28(24-25(29)6)37(10-4)11-5/h12-24H,7-11H2,1-6H3/b34-32+,35-33?. The van der Waals surface area contributed by atoms with E-state index < -0.39 is 0 Å². The van der Waals surface area contributed by atoms with E-state index in [1.807, 2.05) is 0 Å². The van der Waals surface area contributed by atoms with Crippen molar-refractivity contribution in [3.8, 4) is 0 Å². The van der Waals surface area contributed by atoms with Crippen LogP contribution in [0.3, 0.4) is 0 Å². The Morgan fingerprint density at radius 3 is 1.86 bits per heavy atom. The Kier molecular flexibility index (Phi) is 8.66. The van der Waals surface area contributed by atoms with Crippen LogP contribution in [0.25, 0.3) is 11.1 Å². The zero-order valence-corrected chi connectivity index (χ0v) is 23.4. The average Bonchev–Trinajstić information content (AvgIpc) is 2.93. The molecule has 4 rings (SSSR count). The minimum atomic E-state index is 0.776. The van der Waals surface area contributed by atoms with Gasteiger partial charge in [0.2, 0.25) is 0 Å². The van der Waals surface area contributed by atoms with Crippen LogP contribution in [0.4, 0.5) is 11.4 Å². The van der Waals surface area contributed by atoms with Gasteiger partial charge in [0, 0.05) is 49.7 Å². The monoisotopic (exact) mass is 491 g/mol. The van der Waals surface area contributed by atoms with Crippen LogP contribution in [0, 0.1) is 6.92 Å². The van der Waals surface area contributed by atoms with Gasteiger partial charge in [0.15, 0.2) is 0 Å². The van der Waals surface area contributed by atoms with Gasteiger partial charge in [0.1, 0.15) is 0 Å². The van der Waals surface area contributed by atoms with Gasteiger partial charge in [-0.05, 0) is 105 Å². The number of allylic oxidation sites excluding steroid dienone is 3. The van der Waals surface area contributed by atoms with E-state index in [9.17, 15) is 0 Å². The molecular formula is C34H41N3. The lowest BCUT2D eigenvalue weighted by Crippen LogP contribution is -2.22. The van der Waals surface area contributed by atoms with Crippen molar-refractivity contribution in [2.45, 2.75) is 41.5 Å². The van der Waals surface area contributed by atoms with Gasteiger partial charge in [-0.15, -0.1) is 0 Å². The predicted octanol–water partition coefficient (Wildman–Crippen LogP) is 8.03. The highest BCUT2D eigenvalue weighted by Gasteiger charge is 2.21. The molecule has 3 heteroatoms. The lowest BCUT2D eigenvalue weighted by molar-refractivity contribution is 0.865. The van der Waals surface area contributed by atoms with E-state index in [-0.39, 0.29) is 0 Å². The molecule has 37 heavy (non-hydrogen) atoms. The Morgan fingerprint density at radius 1 is 0.676 bits per heavy atom. The number of anilines is 2. The average molecular weight is 492 g/mol. The lowest BCUT2D eigenvalue weighted by Gasteiger charge is -2.25. The lowest BCUT2D eigenvalue weighted by atomic mass is 9.82. The van der Waals surface area contributed by atoms with Crippen molar-refractivity contribution in [2.75, 3.05) is 42.5 Å². The molecule has 0 atom stereocenters. The number of aryl methyl sites for hydroxylation is 1. The van der Waals surface area contributed by atoms with Crippen LogP contribution in [-0.2, 0) is 0 Å². The maximum atomic E-state index is 4.78. The molecule has 0 bridgehead atoms. The van der Waals surface area contributed by atoms with Gasteiger partial charge in [-0.1, -0.05) is 48.5 Å². The third kappa shape index (κ3) is 5.41. The maximum Gasteiger partial charge on any atom is 0.0652 e. The van der Waals surface area contributed by atoms with E-state index >= 15 is 0 Å². The second kappa shape index (κ2) is 12.1. The fourth-order valence-electron chi connectivity index (χ4n) is 5.41. The van der Waals surface area contributed by atoms with Crippen molar-refractivity contribution >= 4 is 28.2 Å². The summed E-state index contributed by atoms with van der Waals surface area (Å²) in [6.45, 7) is 18.0. The first-order chi connectivity index (χ1) is 18.1. The van der Waals surface area contributed by atoms with Crippen molar-refractivity contribution < 1.29 is 0 Å². The first-order valence-corrected chi connectivity index (χ1v) is 13.8. The SMILES string of the molecule is CCN=C1C=C/C(=C(/c2ccc(N(CC)CC)cc2)c2ccc(N(CC)CC)cc2C)c2ccccc21. The minimum absolute atomic E-state index is 0.776. The Bertz CT molecular complexity index is 1300. The van der Waals surface area contributed by atoms with Gasteiger partial charge in [0.05, 0.1) is 5.71 Å². The topological polar surface area (TPSA) is 18.8 Å². The molecule has 3 nitrogen and oxygen atoms in total. The van der Waals surface area contributed by atoms with E-state index in [1.165, 1.54) is 50.3 Å². The molecule has 0 aromatic heterocycles. The summed E-state index contributed by atoms with van der Waals surface area (Å²) in [4.78, 5) is 9.58. The summed E-state index contributed by atoms with van der Waals surface area (Å²) in [5.74, 6) is 0. The molecule has 0 spiro atoms. The van der Waals surface area contributed by atoms with Crippen LogP contribution >= 0.6 is 0 Å². The smallest absolute Gasteiger partial charge is 0.0652 e. The molecule has 0 unspecified atom stereocenters. The van der Waals surface area contributed by atoms with Gasteiger partial charge in [-0.25, -0.2) is 0 Å². The molecule has 1 aliphatic rings. The number of hydrogen-bond donors (Lipinski definition) is 0. The first-order valence-electron chi connectivity index (χ1n) is 13.8. The van der Waals surface area contributed by atoms with E-state index in [4.69, 9.17) is 4.99 Å². The van der Waals surface area contributed by atoms with Gasteiger partial charge < -0.3 is 9.80 Å². The Balaban J connectivity index is 1.96. The molecule has 0 saturated heterocycles. The third-order valence-electron chi connectivity index (χ3n) is 7.39. The second-order valence-corrected chi connectivity index (χ2v) is 9.42. The fourth-order valence-corrected chi connectivity index (χ4v) is 5.41. The van der Waals surface area contributed by atoms with Gasteiger partial charge >= 0.3 is 0 Å². The van der Waals surface area contributed by atoms with Crippen molar-refractivity contribution in [3.05, 3.63) is 107 Å². The van der Waals surface area contributed by atoms with Gasteiger partial charge in [0.25, 0.3) is 0 Å². The summed E-state index contributed by atoms with van der Waals surface area (Å²) in [6.07, 6.45) is 4.45. The summed E-state index contributed by atoms with van der Waals surface area (Å²) >= 11 is 0. The maximum absolute atomic E-state index is 4.78. The van der Waals surface area contributed by atoms with Crippen molar-refractivity contribution in [2.24, 2.45) is 4.99 Å². The molecule has 0 amide bonds. The number of benzene rings is 3. The highest BCUT2D eigenvalue weighted by atomic mass is 15.1. The number of aliphatic imine (C=N–C) groups is 1. The van der Waals surface area contributed by atoms with Crippen molar-refractivity contribution in [1.29, 1.82) is 0 Å². The van der Waals surface area contributed by atoms with Crippen LogP contribution in [0.1, 0.15) is 62.4 Å². The number of nitrogens with zero attached hydrogens (tertiary/aromatic N) is 3. The van der Waals surface area contributed by atoms with E-state index in [1.54, 1.807) is 0 Å². The Labute approximate surface area is 223 Å². The number of hydrogen-bond acceptors (Lipinski definition) is 3. The zero-order chi connectivity index (χ0) is 26.4. The highest BCUT2D eigenvalue weighted by Crippen LogP contribution is 2.39. The summed E-state index contributed by atoms with van der Waals surface area (Å²) < 4.78 is 0. The summed E-state index contributed by atoms with van der Waals surface area (Å²) in [5, 5.41) is 0. The summed E-state index contributed by atoms with van der Waals surface area (Å²) in [5.41, 5.74) is 12.4. The van der Waals surface area contributed by atoms with E-state index in [0.717, 1.165) is 38.4 Å². The first kappa shape index (κ1) is 26.5. The summed E-state index contributed by atoms with van der Waals surface area (Å²) in [6, 6.07) is 24.7. The highest BCUT2D eigenvalue weighted by molar-refractivity contribution is 6.19. The molecule has 192 valence electrons. The third-order valence-corrected chi connectivity index (χ3v) is 7.39. The second-order valence-electron chi connectivity index (χ2n) is 9.42. The van der Waals surface area contributed by atoms with Crippen LogP contribution in [0.15, 0.2) is 83.9 Å². The predicted molar refractivity (Wildman–Crippen MR) is 163 cm³/mol. The number of rotatable bonds is 9. The fraction of sp³-hybridized carbons (Fsp3) is 0.324. The molecule has 0 radical (unpaired) electrons. The van der Waals surface area contributed by atoms with E-state index in [0.29, 0.717) is 0 Å². The molecular weight excluding hydrogens is 450 g/mol. The zero-order valence-electron chi connectivity index (χ0n) is 23.4. The molecule has 3 aromatic rings. The number of fused-ring (bicyclic) bond motifs is 1. The molecule has 3 aromatic carbocycles. The molecule has 0 saturated carbocycles. The van der Waals surface area contributed by atoms with Gasteiger partial charge in [-0.3, -0.25) is 4.99 Å².